The van der Waals surface area contributed by atoms with Gasteiger partial charge in [0.1, 0.15) is 5.82 Å². The molecule has 0 unspecified atom stereocenters. The zero-order valence-electron chi connectivity index (χ0n) is 9.13. The van der Waals surface area contributed by atoms with Crippen LogP contribution in [0.15, 0.2) is 0 Å². The van der Waals surface area contributed by atoms with Gasteiger partial charge in [-0.3, -0.25) is 0 Å². The second-order valence-corrected chi connectivity index (χ2v) is 3.48. The molecule has 1 aromatic rings. The monoisotopic (exact) mass is 208 g/mol. The molecule has 5 heteroatoms. The summed E-state index contributed by atoms with van der Waals surface area (Å²) in [5, 5.41) is 6.45. The molecule has 2 rings (SSSR count). The molecule has 0 aromatic carbocycles. The van der Waals surface area contributed by atoms with Gasteiger partial charge in [-0.1, -0.05) is 0 Å². The molecule has 0 radical (unpaired) electrons. The SMILES string of the molecule is CNc1nc(OC)nc2c1CCNCC2. The fourth-order valence-corrected chi connectivity index (χ4v) is 1.82. The van der Waals surface area contributed by atoms with Gasteiger partial charge in [-0.15, -0.1) is 0 Å². The summed E-state index contributed by atoms with van der Waals surface area (Å²) in [7, 11) is 3.47. The first kappa shape index (κ1) is 10.2. The lowest BCUT2D eigenvalue weighted by atomic mass is 10.1. The van der Waals surface area contributed by atoms with E-state index in [-0.39, 0.29) is 0 Å². The van der Waals surface area contributed by atoms with Gasteiger partial charge in [-0.05, 0) is 13.0 Å². The van der Waals surface area contributed by atoms with Crippen molar-refractivity contribution in [1.29, 1.82) is 0 Å². The van der Waals surface area contributed by atoms with E-state index >= 15 is 0 Å². The number of ether oxygens (including phenoxy) is 1. The molecule has 5 nitrogen and oxygen atoms in total. The second-order valence-electron chi connectivity index (χ2n) is 3.48. The summed E-state index contributed by atoms with van der Waals surface area (Å²) < 4.78 is 5.08. The van der Waals surface area contributed by atoms with Crippen molar-refractivity contribution in [2.45, 2.75) is 12.8 Å². The van der Waals surface area contributed by atoms with E-state index in [1.165, 1.54) is 5.56 Å². The Balaban J connectivity index is 2.45. The van der Waals surface area contributed by atoms with Crippen molar-refractivity contribution in [3.05, 3.63) is 11.3 Å². The van der Waals surface area contributed by atoms with Crippen LogP contribution >= 0.6 is 0 Å². The first-order valence-corrected chi connectivity index (χ1v) is 5.17. The minimum Gasteiger partial charge on any atom is -0.467 e. The van der Waals surface area contributed by atoms with Crippen LogP contribution < -0.4 is 15.4 Å². The number of nitrogens with one attached hydrogen (secondary N) is 2. The molecule has 1 aliphatic heterocycles. The van der Waals surface area contributed by atoms with Crippen LogP contribution in [-0.4, -0.2) is 37.2 Å². The van der Waals surface area contributed by atoms with E-state index in [4.69, 9.17) is 4.74 Å². The smallest absolute Gasteiger partial charge is 0.318 e. The Kier molecular flexibility index (Phi) is 3.01. The quantitative estimate of drug-likeness (QED) is 0.728. The fraction of sp³-hybridized carbons (Fsp3) is 0.600. The highest BCUT2D eigenvalue weighted by molar-refractivity contribution is 5.47. The predicted molar refractivity (Wildman–Crippen MR) is 58.4 cm³/mol. The Morgan fingerprint density at radius 1 is 1.27 bits per heavy atom. The molecule has 2 heterocycles. The zero-order valence-corrected chi connectivity index (χ0v) is 9.13. The Morgan fingerprint density at radius 2 is 2.07 bits per heavy atom. The molecule has 0 saturated carbocycles. The van der Waals surface area contributed by atoms with Gasteiger partial charge in [0.2, 0.25) is 0 Å². The van der Waals surface area contributed by atoms with Gasteiger partial charge < -0.3 is 15.4 Å². The van der Waals surface area contributed by atoms with E-state index < -0.39 is 0 Å². The van der Waals surface area contributed by atoms with E-state index in [9.17, 15) is 0 Å². The van der Waals surface area contributed by atoms with Crippen molar-refractivity contribution in [3.8, 4) is 6.01 Å². The number of hydrogen-bond donors (Lipinski definition) is 2. The molecule has 0 aliphatic carbocycles. The highest BCUT2D eigenvalue weighted by Gasteiger charge is 2.15. The number of nitrogens with zero attached hydrogens (tertiary/aromatic N) is 2. The summed E-state index contributed by atoms with van der Waals surface area (Å²) in [6, 6.07) is 0.444. The molecule has 0 saturated heterocycles. The lowest BCUT2D eigenvalue weighted by Gasteiger charge is -2.11. The lowest BCUT2D eigenvalue weighted by molar-refractivity contribution is 0.378. The highest BCUT2D eigenvalue weighted by Crippen LogP contribution is 2.21. The standard InChI is InChI=1S/C10H16N4O/c1-11-9-7-3-5-12-6-4-8(7)13-10(14-9)15-2/h12H,3-6H2,1-2H3,(H,11,13,14). The molecule has 15 heavy (non-hydrogen) atoms. The summed E-state index contributed by atoms with van der Waals surface area (Å²) in [5.74, 6) is 0.889. The highest BCUT2D eigenvalue weighted by atomic mass is 16.5. The van der Waals surface area contributed by atoms with Crippen molar-refractivity contribution in [2.75, 3.05) is 32.6 Å². The van der Waals surface area contributed by atoms with Crippen molar-refractivity contribution in [3.63, 3.8) is 0 Å². The van der Waals surface area contributed by atoms with E-state index in [0.717, 1.165) is 37.4 Å². The van der Waals surface area contributed by atoms with Crippen molar-refractivity contribution in [1.82, 2.24) is 15.3 Å². The van der Waals surface area contributed by atoms with E-state index in [1.807, 2.05) is 7.05 Å². The number of hydrogen-bond acceptors (Lipinski definition) is 5. The average molecular weight is 208 g/mol. The van der Waals surface area contributed by atoms with E-state index in [1.54, 1.807) is 7.11 Å². The number of fused-ring (bicyclic) bond motifs is 1. The third-order valence-corrected chi connectivity index (χ3v) is 2.58. The minimum atomic E-state index is 0.444. The average Bonchev–Trinajstić information content (AvgIpc) is 2.52. The van der Waals surface area contributed by atoms with Gasteiger partial charge in [0.25, 0.3) is 0 Å². The number of anilines is 1. The molecule has 1 aliphatic rings. The molecule has 1 aromatic heterocycles. The Morgan fingerprint density at radius 3 is 2.80 bits per heavy atom. The Hall–Kier alpha value is -1.36. The van der Waals surface area contributed by atoms with Gasteiger partial charge in [-0.2, -0.15) is 9.97 Å². The number of rotatable bonds is 2. The van der Waals surface area contributed by atoms with Crippen LogP contribution in [0.25, 0.3) is 0 Å². The number of aromatic nitrogens is 2. The topological polar surface area (TPSA) is 59.1 Å². The van der Waals surface area contributed by atoms with Crippen LogP contribution in [0.3, 0.4) is 0 Å². The molecule has 0 fully saturated rings. The van der Waals surface area contributed by atoms with Crippen molar-refractivity contribution >= 4 is 5.82 Å². The van der Waals surface area contributed by atoms with Gasteiger partial charge in [-0.25, -0.2) is 0 Å². The molecule has 0 amide bonds. The van der Waals surface area contributed by atoms with Crippen LogP contribution in [-0.2, 0) is 12.8 Å². The largest absolute Gasteiger partial charge is 0.467 e. The van der Waals surface area contributed by atoms with Crippen molar-refractivity contribution < 1.29 is 4.74 Å². The normalized spacial score (nSPS) is 15.3. The van der Waals surface area contributed by atoms with Gasteiger partial charge in [0, 0.05) is 25.6 Å². The molecule has 0 bridgehead atoms. The summed E-state index contributed by atoms with van der Waals surface area (Å²) in [6.45, 7) is 1.95. The number of methoxy groups -OCH3 is 1. The molecular weight excluding hydrogens is 192 g/mol. The minimum absolute atomic E-state index is 0.444. The maximum absolute atomic E-state index is 5.08. The summed E-state index contributed by atoms with van der Waals surface area (Å²) >= 11 is 0. The Bertz CT molecular complexity index is 354. The molecule has 2 N–H and O–H groups in total. The van der Waals surface area contributed by atoms with Gasteiger partial charge >= 0.3 is 6.01 Å². The second kappa shape index (κ2) is 4.44. The third kappa shape index (κ3) is 2.02. The maximum atomic E-state index is 5.08. The molecular formula is C10H16N4O. The third-order valence-electron chi connectivity index (χ3n) is 2.58. The van der Waals surface area contributed by atoms with Crippen LogP contribution in [0, 0.1) is 0 Å². The predicted octanol–water partition coefficient (Wildman–Crippen LogP) is 0.215. The summed E-state index contributed by atoms with van der Waals surface area (Å²) in [4.78, 5) is 8.68. The van der Waals surface area contributed by atoms with E-state index in [0.29, 0.717) is 6.01 Å². The van der Waals surface area contributed by atoms with Crippen LogP contribution in [0.2, 0.25) is 0 Å². The lowest BCUT2D eigenvalue weighted by Crippen LogP contribution is -2.16. The fourth-order valence-electron chi connectivity index (χ4n) is 1.82. The van der Waals surface area contributed by atoms with Crippen LogP contribution in [0.5, 0.6) is 6.01 Å². The first-order chi connectivity index (χ1) is 7.35. The molecule has 82 valence electrons. The Labute approximate surface area is 89.3 Å². The van der Waals surface area contributed by atoms with Crippen LogP contribution in [0.1, 0.15) is 11.3 Å². The summed E-state index contributed by atoms with van der Waals surface area (Å²) in [5.41, 5.74) is 2.31. The van der Waals surface area contributed by atoms with Crippen molar-refractivity contribution in [2.24, 2.45) is 0 Å². The molecule has 0 atom stereocenters. The van der Waals surface area contributed by atoms with E-state index in [2.05, 4.69) is 20.6 Å². The van der Waals surface area contributed by atoms with Crippen LogP contribution in [0.4, 0.5) is 5.82 Å². The maximum Gasteiger partial charge on any atom is 0.318 e. The summed E-state index contributed by atoms with van der Waals surface area (Å²) in [6.07, 6.45) is 1.90. The zero-order chi connectivity index (χ0) is 10.7. The first-order valence-electron chi connectivity index (χ1n) is 5.17. The van der Waals surface area contributed by atoms with Gasteiger partial charge in [0.05, 0.1) is 12.8 Å². The molecule has 0 spiro atoms. The van der Waals surface area contributed by atoms with Gasteiger partial charge in [0.15, 0.2) is 0 Å².